The van der Waals surface area contributed by atoms with Crippen LogP contribution in [-0.2, 0) is 4.79 Å². The molecule has 1 fully saturated rings. The zero-order chi connectivity index (χ0) is 16.4. The SMILES string of the molecule is NC(=O)C1CCCCN1C(=O)c1ccc(-c2ccc(F)cc2)s1. The standard InChI is InChI=1S/C17H17FN2O2S/c18-12-6-4-11(5-7-12)14-8-9-15(23-14)17(22)20-10-2-1-3-13(20)16(19)21/h4-9,13H,1-3,10H2,(H2,19,21). The molecule has 2 aromatic rings. The second kappa shape index (κ2) is 6.50. The fourth-order valence-corrected chi connectivity index (χ4v) is 3.80. The Morgan fingerprint density at radius 1 is 1.13 bits per heavy atom. The van der Waals surface area contributed by atoms with Crippen LogP contribution in [0.25, 0.3) is 10.4 Å². The van der Waals surface area contributed by atoms with Gasteiger partial charge in [-0.25, -0.2) is 4.39 Å². The minimum atomic E-state index is -0.521. The monoisotopic (exact) mass is 332 g/mol. The summed E-state index contributed by atoms with van der Waals surface area (Å²) in [6.07, 6.45) is 2.41. The second-order valence-electron chi connectivity index (χ2n) is 5.58. The number of carbonyl (C=O) groups excluding carboxylic acids is 2. The zero-order valence-corrected chi connectivity index (χ0v) is 13.3. The van der Waals surface area contributed by atoms with E-state index in [4.69, 9.17) is 5.73 Å². The number of amides is 2. The minimum Gasteiger partial charge on any atom is -0.368 e. The summed E-state index contributed by atoms with van der Waals surface area (Å²) in [6.45, 7) is 0.552. The molecule has 1 unspecified atom stereocenters. The van der Waals surface area contributed by atoms with Crippen molar-refractivity contribution < 1.29 is 14.0 Å². The molecular formula is C17H17FN2O2S. The summed E-state index contributed by atoms with van der Waals surface area (Å²) in [6, 6.07) is 9.22. The number of hydrogen-bond donors (Lipinski definition) is 1. The highest BCUT2D eigenvalue weighted by Gasteiger charge is 2.31. The molecule has 2 N–H and O–H groups in total. The Balaban J connectivity index is 1.83. The van der Waals surface area contributed by atoms with Gasteiger partial charge in [-0.05, 0) is 49.1 Å². The van der Waals surface area contributed by atoms with E-state index in [0.717, 1.165) is 23.3 Å². The molecule has 1 aromatic heterocycles. The summed E-state index contributed by atoms with van der Waals surface area (Å²) in [5.74, 6) is -0.903. The van der Waals surface area contributed by atoms with E-state index in [1.54, 1.807) is 23.1 Å². The molecule has 0 bridgehead atoms. The number of halogens is 1. The van der Waals surface area contributed by atoms with Crippen molar-refractivity contribution in [2.75, 3.05) is 6.54 Å². The van der Waals surface area contributed by atoms with Crippen LogP contribution in [-0.4, -0.2) is 29.3 Å². The van der Waals surface area contributed by atoms with Gasteiger partial charge in [-0.2, -0.15) is 0 Å². The van der Waals surface area contributed by atoms with E-state index in [1.165, 1.54) is 23.5 Å². The molecule has 6 heteroatoms. The topological polar surface area (TPSA) is 63.4 Å². The quantitative estimate of drug-likeness (QED) is 0.939. The Kier molecular flexibility index (Phi) is 4.43. The van der Waals surface area contributed by atoms with Crippen molar-refractivity contribution in [2.24, 2.45) is 5.73 Å². The number of likely N-dealkylation sites (tertiary alicyclic amines) is 1. The number of nitrogens with two attached hydrogens (primary N) is 1. The largest absolute Gasteiger partial charge is 0.368 e. The van der Waals surface area contributed by atoms with Crippen LogP contribution < -0.4 is 5.73 Å². The Bertz CT molecular complexity index is 726. The highest BCUT2D eigenvalue weighted by Crippen LogP contribution is 2.30. The molecule has 120 valence electrons. The summed E-state index contributed by atoms with van der Waals surface area (Å²) in [5.41, 5.74) is 6.28. The fraction of sp³-hybridized carbons (Fsp3) is 0.294. The van der Waals surface area contributed by atoms with Gasteiger partial charge in [0.05, 0.1) is 4.88 Å². The smallest absolute Gasteiger partial charge is 0.264 e. The molecule has 1 atom stereocenters. The number of rotatable bonds is 3. The average Bonchev–Trinajstić information content (AvgIpc) is 3.04. The first-order chi connectivity index (χ1) is 11.1. The molecular weight excluding hydrogens is 315 g/mol. The van der Waals surface area contributed by atoms with Crippen molar-refractivity contribution in [3.8, 4) is 10.4 Å². The molecule has 1 aromatic carbocycles. The number of piperidine rings is 1. The lowest BCUT2D eigenvalue weighted by Gasteiger charge is -2.33. The molecule has 3 rings (SSSR count). The Morgan fingerprint density at radius 3 is 2.57 bits per heavy atom. The number of benzene rings is 1. The molecule has 4 nitrogen and oxygen atoms in total. The third-order valence-electron chi connectivity index (χ3n) is 4.04. The summed E-state index contributed by atoms with van der Waals surface area (Å²) in [4.78, 5) is 27.3. The molecule has 0 saturated carbocycles. The molecule has 23 heavy (non-hydrogen) atoms. The van der Waals surface area contributed by atoms with E-state index in [1.807, 2.05) is 6.07 Å². The first-order valence-corrected chi connectivity index (χ1v) is 8.34. The second-order valence-corrected chi connectivity index (χ2v) is 6.67. The van der Waals surface area contributed by atoms with Crippen LogP contribution >= 0.6 is 11.3 Å². The van der Waals surface area contributed by atoms with Crippen LogP contribution in [0.5, 0.6) is 0 Å². The van der Waals surface area contributed by atoms with Gasteiger partial charge in [-0.3, -0.25) is 9.59 Å². The summed E-state index contributed by atoms with van der Waals surface area (Å²) in [7, 11) is 0. The molecule has 2 amide bonds. The number of hydrogen-bond acceptors (Lipinski definition) is 3. The third kappa shape index (κ3) is 3.27. The predicted octanol–water partition coefficient (Wildman–Crippen LogP) is 3.03. The molecule has 0 spiro atoms. The number of primary amides is 1. The maximum atomic E-state index is 13.0. The van der Waals surface area contributed by atoms with Crippen molar-refractivity contribution in [3.05, 3.63) is 47.1 Å². The van der Waals surface area contributed by atoms with E-state index >= 15 is 0 Å². The highest BCUT2D eigenvalue weighted by molar-refractivity contribution is 7.17. The van der Waals surface area contributed by atoms with Gasteiger partial charge in [0.2, 0.25) is 5.91 Å². The summed E-state index contributed by atoms with van der Waals surface area (Å²) in [5, 5.41) is 0. The van der Waals surface area contributed by atoms with Crippen molar-refractivity contribution in [2.45, 2.75) is 25.3 Å². The predicted molar refractivity (Wildman–Crippen MR) is 87.6 cm³/mol. The van der Waals surface area contributed by atoms with E-state index in [9.17, 15) is 14.0 Å². The maximum absolute atomic E-state index is 13.0. The van der Waals surface area contributed by atoms with Crippen molar-refractivity contribution in [1.29, 1.82) is 0 Å². The van der Waals surface area contributed by atoms with E-state index in [2.05, 4.69) is 0 Å². The fourth-order valence-electron chi connectivity index (χ4n) is 2.83. The number of carbonyl (C=O) groups is 2. The van der Waals surface area contributed by atoms with Crippen LogP contribution in [0.1, 0.15) is 28.9 Å². The number of thiophene rings is 1. The first-order valence-electron chi connectivity index (χ1n) is 7.52. The van der Waals surface area contributed by atoms with E-state index in [0.29, 0.717) is 17.8 Å². The van der Waals surface area contributed by atoms with Crippen LogP contribution in [0.2, 0.25) is 0 Å². The van der Waals surface area contributed by atoms with E-state index in [-0.39, 0.29) is 11.7 Å². The van der Waals surface area contributed by atoms with Crippen molar-refractivity contribution >= 4 is 23.2 Å². The van der Waals surface area contributed by atoms with Crippen molar-refractivity contribution in [1.82, 2.24) is 4.90 Å². The van der Waals surface area contributed by atoms with Gasteiger partial charge in [-0.1, -0.05) is 12.1 Å². The maximum Gasteiger partial charge on any atom is 0.264 e. The average molecular weight is 332 g/mol. The van der Waals surface area contributed by atoms with Crippen LogP contribution in [0, 0.1) is 5.82 Å². The van der Waals surface area contributed by atoms with Crippen LogP contribution in [0.3, 0.4) is 0 Å². The highest BCUT2D eigenvalue weighted by atomic mass is 32.1. The molecule has 0 aliphatic carbocycles. The van der Waals surface area contributed by atoms with Gasteiger partial charge in [0.15, 0.2) is 0 Å². The van der Waals surface area contributed by atoms with Crippen molar-refractivity contribution in [3.63, 3.8) is 0 Å². The number of nitrogens with zero attached hydrogens (tertiary/aromatic N) is 1. The lowest BCUT2D eigenvalue weighted by atomic mass is 10.0. The van der Waals surface area contributed by atoms with Gasteiger partial charge >= 0.3 is 0 Å². The summed E-state index contributed by atoms with van der Waals surface area (Å²) >= 11 is 1.34. The minimum absolute atomic E-state index is 0.160. The molecule has 1 aliphatic heterocycles. The Labute approximate surface area is 137 Å². The lowest BCUT2D eigenvalue weighted by Crippen LogP contribution is -2.50. The first kappa shape index (κ1) is 15.7. The van der Waals surface area contributed by atoms with Gasteiger partial charge < -0.3 is 10.6 Å². The van der Waals surface area contributed by atoms with Gasteiger partial charge in [0, 0.05) is 11.4 Å². The summed E-state index contributed by atoms with van der Waals surface area (Å²) < 4.78 is 13.0. The van der Waals surface area contributed by atoms with Gasteiger partial charge in [0.25, 0.3) is 5.91 Å². The molecule has 1 saturated heterocycles. The lowest BCUT2D eigenvalue weighted by molar-refractivity contribution is -0.123. The van der Waals surface area contributed by atoms with Crippen LogP contribution in [0.15, 0.2) is 36.4 Å². The van der Waals surface area contributed by atoms with Crippen LogP contribution in [0.4, 0.5) is 4.39 Å². The Hall–Kier alpha value is -2.21. The molecule has 0 radical (unpaired) electrons. The Morgan fingerprint density at radius 2 is 1.87 bits per heavy atom. The zero-order valence-electron chi connectivity index (χ0n) is 12.5. The van der Waals surface area contributed by atoms with Gasteiger partial charge in [0.1, 0.15) is 11.9 Å². The molecule has 2 heterocycles. The normalized spacial score (nSPS) is 18.0. The van der Waals surface area contributed by atoms with E-state index < -0.39 is 11.9 Å². The third-order valence-corrected chi connectivity index (χ3v) is 5.16. The van der Waals surface area contributed by atoms with Gasteiger partial charge in [-0.15, -0.1) is 11.3 Å². The molecule has 1 aliphatic rings.